The zero-order valence-electron chi connectivity index (χ0n) is 12.7. The molecule has 0 amide bonds. The van der Waals surface area contributed by atoms with Crippen LogP contribution in [0.4, 0.5) is 4.39 Å². The maximum Gasteiger partial charge on any atom is 0.163 e. The van der Waals surface area contributed by atoms with Crippen molar-refractivity contribution in [2.45, 2.75) is 20.1 Å². The van der Waals surface area contributed by atoms with Gasteiger partial charge in [0.1, 0.15) is 12.4 Å². The van der Waals surface area contributed by atoms with E-state index in [1.807, 2.05) is 13.0 Å². The fourth-order valence-corrected chi connectivity index (χ4v) is 2.24. The van der Waals surface area contributed by atoms with Crippen molar-refractivity contribution >= 4 is 11.6 Å². The molecule has 0 fully saturated rings. The van der Waals surface area contributed by atoms with E-state index in [1.54, 1.807) is 31.4 Å². The molecule has 2 aromatic rings. The minimum atomic E-state index is -0.295. The van der Waals surface area contributed by atoms with Gasteiger partial charge in [-0.25, -0.2) is 4.39 Å². The average molecular weight is 324 g/mol. The molecule has 0 saturated heterocycles. The van der Waals surface area contributed by atoms with E-state index >= 15 is 0 Å². The molecule has 0 aromatic heterocycles. The lowest BCUT2D eigenvalue weighted by Gasteiger charge is -2.14. The predicted molar refractivity (Wildman–Crippen MR) is 86.1 cm³/mol. The Balaban J connectivity index is 2.16. The molecule has 22 heavy (non-hydrogen) atoms. The Labute approximate surface area is 135 Å². The average Bonchev–Trinajstić information content (AvgIpc) is 2.53. The van der Waals surface area contributed by atoms with Crippen molar-refractivity contribution in [2.24, 2.45) is 0 Å². The van der Waals surface area contributed by atoms with E-state index in [-0.39, 0.29) is 12.4 Å². The Morgan fingerprint density at radius 3 is 2.59 bits per heavy atom. The smallest absolute Gasteiger partial charge is 0.163 e. The van der Waals surface area contributed by atoms with Gasteiger partial charge in [-0.2, -0.15) is 0 Å². The maximum absolute atomic E-state index is 13.6. The lowest BCUT2D eigenvalue weighted by atomic mass is 10.2. The number of ether oxygens (including phenoxy) is 2. The first-order valence-electron chi connectivity index (χ1n) is 7.09. The van der Waals surface area contributed by atoms with Gasteiger partial charge in [0.05, 0.1) is 7.11 Å². The molecule has 0 unspecified atom stereocenters. The van der Waals surface area contributed by atoms with Gasteiger partial charge in [-0.05, 0) is 24.2 Å². The van der Waals surface area contributed by atoms with Crippen molar-refractivity contribution in [3.63, 3.8) is 0 Å². The number of benzene rings is 2. The molecule has 3 nitrogen and oxygen atoms in total. The number of halogens is 2. The maximum atomic E-state index is 13.6. The van der Waals surface area contributed by atoms with Crippen molar-refractivity contribution in [2.75, 3.05) is 13.7 Å². The molecule has 0 aliphatic rings. The van der Waals surface area contributed by atoms with Gasteiger partial charge in [0.15, 0.2) is 11.5 Å². The summed E-state index contributed by atoms with van der Waals surface area (Å²) >= 11 is 6.26. The molecule has 118 valence electrons. The largest absolute Gasteiger partial charge is 0.493 e. The highest BCUT2D eigenvalue weighted by Gasteiger charge is 2.11. The first-order chi connectivity index (χ1) is 10.7. The number of rotatable bonds is 7. The SMILES string of the molecule is CCNCc1cc(OC)c(OCc2ccccc2F)cc1Cl. The summed E-state index contributed by atoms with van der Waals surface area (Å²) in [6.45, 7) is 3.65. The van der Waals surface area contributed by atoms with Crippen LogP contribution in [0.15, 0.2) is 36.4 Å². The number of nitrogens with one attached hydrogen (secondary N) is 1. The van der Waals surface area contributed by atoms with Crippen LogP contribution in [0.25, 0.3) is 0 Å². The van der Waals surface area contributed by atoms with Crippen LogP contribution in [-0.4, -0.2) is 13.7 Å². The highest BCUT2D eigenvalue weighted by molar-refractivity contribution is 6.31. The fourth-order valence-electron chi connectivity index (χ4n) is 2.02. The number of hydrogen-bond donors (Lipinski definition) is 1. The van der Waals surface area contributed by atoms with Crippen molar-refractivity contribution < 1.29 is 13.9 Å². The molecule has 0 spiro atoms. The summed E-state index contributed by atoms with van der Waals surface area (Å²) < 4.78 is 24.6. The van der Waals surface area contributed by atoms with Crippen LogP contribution >= 0.6 is 11.6 Å². The first-order valence-corrected chi connectivity index (χ1v) is 7.46. The van der Waals surface area contributed by atoms with Crippen molar-refractivity contribution in [3.8, 4) is 11.5 Å². The van der Waals surface area contributed by atoms with Crippen molar-refractivity contribution in [1.82, 2.24) is 5.32 Å². The minimum Gasteiger partial charge on any atom is -0.493 e. The summed E-state index contributed by atoms with van der Waals surface area (Å²) in [6, 6.07) is 10.0. The van der Waals surface area contributed by atoms with E-state index in [1.165, 1.54) is 6.07 Å². The van der Waals surface area contributed by atoms with E-state index in [0.29, 0.717) is 28.6 Å². The summed E-state index contributed by atoms with van der Waals surface area (Å²) in [5, 5.41) is 3.80. The topological polar surface area (TPSA) is 30.5 Å². The van der Waals surface area contributed by atoms with Crippen molar-refractivity contribution in [1.29, 1.82) is 0 Å². The molecule has 1 N–H and O–H groups in total. The van der Waals surface area contributed by atoms with Gasteiger partial charge in [0.25, 0.3) is 0 Å². The fraction of sp³-hybridized carbons (Fsp3) is 0.294. The monoisotopic (exact) mass is 323 g/mol. The quantitative estimate of drug-likeness (QED) is 0.829. The molecule has 0 heterocycles. The van der Waals surface area contributed by atoms with E-state index in [0.717, 1.165) is 12.1 Å². The first kappa shape index (κ1) is 16.6. The molecule has 0 saturated carbocycles. The molecule has 0 aliphatic carbocycles. The van der Waals surface area contributed by atoms with Gasteiger partial charge in [-0.1, -0.05) is 36.7 Å². The Bertz CT molecular complexity index is 634. The second-order valence-corrected chi connectivity index (χ2v) is 5.16. The Morgan fingerprint density at radius 1 is 1.14 bits per heavy atom. The molecule has 0 bridgehead atoms. The van der Waals surface area contributed by atoms with E-state index < -0.39 is 0 Å². The zero-order chi connectivity index (χ0) is 15.9. The van der Waals surface area contributed by atoms with Gasteiger partial charge in [0, 0.05) is 23.2 Å². The van der Waals surface area contributed by atoms with Crippen molar-refractivity contribution in [3.05, 3.63) is 58.4 Å². The van der Waals surface area contributed by atoms with E-state index in [2.05, 4.69) is 5.32 Å². The van der Waals surface area contributed by atoms with E-state index in [4.69, 9.17) is 21.1 Å². The molecule has 0 atom stereocenters. The van der Waals surface area contributed by atoms with Crippen LogP contribution in [0.1, 0.15) is 18.1 Å². The summed E-state index contributed by atoms with van der Waals surface area (Å²) in [5.41, 5.74) is 1.41. The number of hydrogen-bond acceptors (Lipinski definition) is 3. The van der Waals surface area contributed by atoms with Gasteiger partial charge in [-0.3, -0.25) is 0 Å². The third kappa shape index (κ3) is 4.12. The molecule has 0 aliphatic heterocycles. The second-order valence-electron chi connectivity index (χ2n) is 4.75. The molecular weight excluding hydrogens is 305 g/mol. The minimum absolute atomic E-state index is 0.117. The Morgan fingerprint density at radius 2 is 1.91 bits per heavy atom. The molecule has 5 heteroatoms. The summed E-state index contributed by atoms with van der Waals surface area (Å²) in [7, 11) is 1.57. The third-order valence-corrected chi connectivity index (χ3v) is 3.59. The summed E-state index contributed by atoms with van der Waals surface area (Å²) in [5.74, 6) is 0.779. The van der Waals surface area contributed by atoms with Crippen LogP contribution in [-0.2, 0) is 13.2 Å². The standard InChI is InChI=1S/C17H19ClFNO2/c1-3-20-10-13-8-16(21-2)17(9-14(13)18)22-11-12-6-4-5-7-15(12)19/h4-9,20H,3,10-11H2,1-2H3. The van der Waals surface area contributed by atoms with Gasteiger partial charge in [-0.15, -0.1) is 0 Å². The normalized spacial score (nSPS) is 10.5. The van der Waals surface area contributed by atoms with E-state index in [9.17, 15) is 4.39 Å². The predicted octanol–water partition coefficient (Wildman–Crippen LogP) is 4.18. The van der Waals surface area contributed by atoms with Crippen LogP contribution in [0.5, 0.6) is 11.5 Å². The molecule has 2 aromatic carbocycles. The number of methoxy groups -OCH3 is 1. The third-order valence-electron chi connectivity index (χ3n) is 3.24. The lowest BCUT2D eigenvalue weighted by Crippen LogP contribution is -2.12. The Kier molecular flexibility index (Phi) is 6.04. The van der Waals surface area contributed by atoms with Crippen LogP contribution < -0.4 is 14.8 Å². The summed E-state index contributed by atoms with van der Waals surface area (Å²) in [4.78, 5) is 0. The van der Waals surface area contributed by atoms with Crippen LogP contribution in [0.2, 0.25) is 5.02 Å². The molecular formula is C17H19ClFNO2. The van der Waals surface area contributed by atoms with Gasteiger partial charge in [0.2, 0.25) is 0 Å². The van der Waals surface area contributed by atoms with Gasteiger partial charge >= 0.3 is 0 Å². The summed E-state index contributed by atoms with van der Waals surface area (Å²) in [6.07, 6.45) is 0. The zero-order valence-corrected chi connectivity index (χ0v) is 13.4. The Hall–Kier alpha value is -1.78. The van der Waals surface area contributed by atoms with Crippen LogP contribution in [0, 0.1) is 5.82 Å². The lowest BCUT2D eigenvalue weighted by molar-refractivity contribution is 0.279. The highest BCUT2D eigenvalue weighted by Crippen LogP contribution is 2.34. The molecule has 0 radical (unpaired) electrons. The van der Waals surface area contributed by atoms with Gasteiger partial charge < -0.3 is 14.8 Å². The van der Waals surface area contributed by atoms with Crippen LogP contribution in [0.3, 0.4) is 0 Å². The second kappa shape index (κ2) is 8.01. The highest BCUT2D eigenvalue weighted by atomic mass is 35.5. The molecule has 2 rings (SSSR count).